The van der Waals surface area contributed by atoms with Crippen molar-refractivity contribution in [3.63, 3.8) is 0 Å². The van der Waals surface area contributed by atoms with Gasteiger partial charge in [0.15, 0.2) is 0 Å². The summed E-state index contributed by atoms with van der Waals surface area (Å²) in [5.41, 5.74) is 1.16. The monoisotopic (exact) mass is 206 g/mol. The molecule has 0 spiro atoms. The van der Waals surface area contributed by atoms with Gasteiger partial charge in [-0.2, -0.15) is 0 Å². The summed E-state index contributed by atoms with van der Waals surface area (Å²) in [5.74, 6) is 0.308. The lowest BCUT2D eigenvalue weighted by Crippen LogP contribution is -1.93. The topological polar surface area (TPSA) is 45.3 Å². The van der Waals surface area contributed by atoms with Crippen molar-refractivity contribution in [2.75, 3.05) is 6.61 Å². The summed E-state index contributed by atoms with van der Waals surface area (Å²) in [4.78, 5) is 0. The predicted octanol–water partition coefficient (Wildman–Crippen LogP) is 2.01. The molecule has 3 rings (SSSR count). The summed E-state index contributed by atoms with van der Waals surface area (Å²) in [7, 11) is 0. The van der Waals surface area contributed by atoms with Gasteiger partial charge in [-0.15, -0.1) is 0 Å². The zero-order valence-electron chi connectivity index (χ0n) is 8.43. The van der Waals surface area contributed by atoms with Crippen LogP contribution in [-0.2, 0) is 9.47 Å². The summed E-state index contributed by atoms with van der Waals surface area (Å²) in [6.07, 6.45) is 3.29. The van der Waals surface area contributed by atoms with E-state index in [0.29, 0.717) is 18.0 Å². The van der Waals surface area contributed by atoms with Crippen LogP contribution in [-0.4, -0.2) is 23.9 Å². The number of hydrogen-bond acceptors (Lipinski definition) is 3. The normalized spacial score (nSPS) is 32.7. The third-order valence-electron chi connectivity index (χ3n) is 2.98. The first-order valence-corrected chi connectivity index (χ1v) is 5.39. The first kappa shape index (κ1) is 9.19. The van der Waals surface area contributed by atoms with Gasteiger partial charge in [-0.1, -0.05) is 12.1 Å². The van der Waals surface area contributed by atoms with Crippen molar-refractivity contribution < 1.29 is 14.6 Å². The molecule has 3 atom stereocenters. The van der Waals surface area contributed by atoms with Crippen LogP contribution in [0.4, 0.5) is 0 Å². The molecule has 0 saturated carbocycles. The van der Waals surface area contributed by atoms with Gasteiger partial charge in [-0.05, 0) is 30.5 Å². The number of hydrogen-bond donors (Lipinski definition) is 1. The Bertz CT molecular complexity index is 342. The molecule has 2 aliphatic heterocycles. The number of phenols is 1. The highest BCUT2D eigenvalue weighted by Gasteiger charge is 2.40. The van der Waals surface area contributed by atoms with Crippen LogP contribution in [0.5, 0.6) is 5.75 Å². The number of epoxide rings is 2. The van der Waals surface area contributed by atoms with E-state index in [-0.39, 0.29) is 6.10 Å². The molecule has 2 fully saturated rings. The third kappa shape index (κ3) is 2.13. The van der Waals surface area contributed by atoms with Gasteiger partial charge in [0.1, 0.15) is 11.9 Å². The fourth-order valence-corrected chi connectivity index (χ4v) is 1.90. The van der Waals surface area contributed by atoms with Gasteiger partial charge in [0.05, 0.1) is 18.8 Å². The van der Waals surface area contributed by atoms with Crippen molar-refractivity contribution in [3.05, 3.63) is 29.8 Å². The zero-order valence-corrected chi connectivity index (χ0v) is 8.43. The van der Waals surface area contributed by atoms with Gasteiger partial charge in [0.25, 0.3) is 0 Å². The van der Waals surface area contributed by atoms with Crippen molar-refractivity contribution >= 4 is 0 Å². The van der Waals surface area contributed by atoms with Gasteiger partial charge in [-0.25, -0.2) is 0 Å². The van der Waals surface area contributed by atoms with E-state index in [1.54, 1.807) is 12.1 Å². The summed E-state index contributed by atoms with van der Waals surface area (Å²) < 4.78 is 10.7. The van der Waals surface area contributed by atoms with Crippen LogP contribution < -0.4 is 0 Å². The van der Waals surface area contributed by atoms with E-state index in [9.17, 15) is 0 Å². The minimum Gasteiger partial charge on any atom is -0.508 e. The molecule has 3 nitrogen and oxygen atoms in total. The molecule has 2 heterocycles. The summed E-state index contributed by atoms with van der Waals surface area (Å²) in [6, 6.07) is 7.26. The van der Waals surface area contributed by atoms with Crippen molar-refractivity contribution in [1.29, 1.82) is 0 Å². The maximum absolute atomic E-state index is 9.15. The summed E-state index contributed by atoms with van der Waals surface area (Å²) in [5, 5.41) is 9.15. The Morgan fingerprint density at radius 1 is 1.20 bits per heavy atom. The minimum absolute atomic E-state index is 0.240. The maximum Gasteiger partial charge on any atom is 0.115 e. The molecular weight excluding hydrogens is 192 g/mol. The first-order valence-electron chi connectivity index (χ1n) is 5.39. The van der Waals surface area contributed by atoms with Crippen LogP contribution in [0.3, 0.4) is 0 Å². The molecule has 0 amide bonds. The average molecular weight is 206 g/mol. The number of rotatable bonds is 4. The number of benzene rings is 1. The number of ether oxygens (including phenoxy) is 2. The fraction of sp³-hybridized carbons (Fsp3) is 0.500. The third-order valence-corrected chi connectivity index (χ3v) is 2.98. The molecule has 0 bridgehead atoms. The summed E-state index contributed by atoms with van der Waals surface area (Å²) in [6.45, 7) is 0.927. The Hall–Kier alpha value is -1.06. The minimum atomic E-state index is 0.240. The SMILES string of the molecule is Oc1ccc([C@@H]2O[C@@H]2CCC2CO2)cc1. The molecule has 2 aliphatic rings. The van der Waals surface area contributed by atoms with Crippen molar-refractivity contribution in [2.45, 2.75) is 31.2 Å². The van der Waals surface area contributed by atoms with E-state index >= 15 is 0 Å². The molecule has 1 N–H and O–H groups in total. The largest absolute Gasteiger partial charge is 0.508 e. The second-order valence-electron chi connectivity index (χ2n) is 4.22. The molecule has 0 aliphatic carbocycles. The smallest absolute Gasteiger partial charge is 0.115 e. The lowest BCUT2D eigenvalue weighted by atomic mass is 10.1. The van der Waals surface area contributed by atoms with E-state index in [0.717, 1.165) is 25.0 Å². The van der Waals surface area contributed by atoms with Crippen LogP contribution in [0, 0.1) is 0 Å². The lowest BCUT2D eigenvalue weighted by molar-refractivity contribution is 0.343. The molecule has 1 unspecified atom stereocenters. The highest BCUT2D eigenvalue weighted by atomic mass is 16.6. The van der Waals surface area contributed by atoms with E-state index < -0.39 is 0 Å². The molecule has 0 aromatic heterocycles. The second kappa shape index (κ2) is 3.51. The Kier molecular flexibility index (Phi) is 2.15. The fourth-order valence-electron chi connectivity index (χ4n) is 1.90. The Morgan fingerprint density at radius 3 is 2.60 bits per heavy atom. The van der Waals surface area contributed by atoms with Gasteiger partial charge < -0.3 is 14.6 Å². The quantitative estimate of drug-likeness (QED) is 0.766. The van der Waals surface area contributed by atoms with E-state index in [1.165, 1.54) is 0 Å². The van der Waals surface area contributed by atoms with Gasteiger partial charge in [0, 0.05) is 0 Å². The molecule has 1 aromatic carbocycles. The number of aromatic hydroxyl groups is 1. The highest BCUT2D eigenvalue weighted by Crippen LogP contribution is 2.42. The Morgan fingerprint density at radius 2 is 1.93 bits per heavy atom. The Balaban J connectivity index is 1.54. The van der Waals surface area contributed by atoms with Gasteiger partial charge in [0.2, 0.25) is 0 Å². The van der Waals surface area contributed by atoms with Crippen LogP contribution >= 0.6 is 0 Å². The van der Waals surface area contributed by atoms with Crippen molar-refractivity contribution in [1.82, 2.24) is 0 Å². The molecule has 15 heavy (non-hydrogen) atoms. The number of phenolic OH excluding ortho intramolecular Hbond substituents is 1. The molecule has 2 saturated heterocycles. The average Bonchev–Trinajstić information content (AvgIpc) is 3.12. The molecular formula is C12H14O3. The van der Waals surface area contributed by atoms with E-state index in [4.69, 9.17) is 14.6 Å². The maximum atomic E-state index is 9.15. The van der Waals surface area contributed by atoms with Crippen LogP contribution in [0.15, 0.2) is 24.3 Å². The highest BCUT2D eigenvalue weighted by molar-refractivity contribution is 5.29. The van der Waals surface area contributed by atoms with E-state index in [2.05, 4.69) is 0 Å². The lowest BCUT2D eigenvalue weighted by Gasteiger charge is -1.96. The van der Waals surface area contributed by atoms with Crippen LogP contribution in [0.2, 0.25) is 0 Å². The van der Waals surface area contributed by atoms with Crippen molar-refractivity contribution in [3.8, 4) is 5.75 Å². The molecule has 0 radical (unpaired) electrons. The molecule has 80 valence electrons. The standard InChI is InChI=1S/C12H14O3/c13-9-3-1-8(2-4-9)12-11(15-12)6-5-10-7-14-10/h1-4,10-13H,5-7H2/t10?,11-,12+/m1/s1. The first-order chi connectivity index (χ1) is 7.33. The van der Waals surface area contributed by atoms with E-state index in [1.807, 2.05) is 12.1 Å². The van der Waals surface area contributed by atoms with Crippen LogP contribution in [0.25, 0.3) is 0 Å². The van der Waals surface area contributed by atoms with Gasteiger partial charge >= 0.3 is 0 Å². The Labute approximate surface area is 88.6 Å². The van der Waals surface area contributed by atoms with Gasteiger partial charge in [-0.3, -0.25) is 0 Å². The van der Waals surface area contributed by atoms with Crippen LogP contribution in [0.1, 0.15) is 24.5 Å². The molecule has 3 heteroatoms. The second-order valence-corrected chi connectivity index (χ2v) is 4.22. The van der Waals surface area contributed by atoms with Crippen molar-refractivity contribution in [2.24, 2.45) is 0 Å². The zero-order chi connectivity index (χ0) is 10.3. The molecule has 1 aromatic rings. The predicted molar refractivity (Wildman–Crippen MR) is 54.7 cm³/mol. The summed E-state index contributed by atoms with van der Waals surface area (Å²) >= 11 is 0.